The molecule has 0 spiro atoms. The summed E-state index contributed by atoms with van der Waals surface area (Å²) in [6.45, 7) is 11.0. The van der Waals surface area contributed by atoms with Crippen LogP contribution in [0, 0.1) is 31.1 Å². The second-order valence-corrected chi connectivity index (χ2v) is 11.6. The molecular weight excluding hydrogens is 480 g/mol. The second kappa shape index (κ2) is 9.18. The van der Waals surface area contributed by atoms with Crippen LogP contribution in [0.15, 0.2) is 28.4 Å². The molecule has 2 N–H and O–H groups in total. The molecule has 0 radical (unpaired) electrons. The summed E-state index contributed by atoms with van der Waals surface area (Å²) in [6, 6.07) is 2.66. The Bertz CT molecular complexity index is 1380. The molecule has 8 heteroatoms. The first-order valence-corrected chi connectivity index (χ1v) is 13.4. The summed E-state index contributed by atoms with van der Waals surface area (Å²) in [5, 5.41) is 24.9. The number of ketones is 2. The van der Waals surface area contributed by atoms with Crippen molar-refractivity contribution in [1.82, 2.24) is 15.1 Å². The summed E-state index contributed by atoms with van der Waals surface area (Å²) < 4.78 is 0. The van der Waals surface area contributed by atoms with Gasteiger partial charge in [0, 0.05) is 52.4 Å². The van der Waals surface area contributed by atoms with Crippen LogP contribution in [0.2, 0.25) is 0 Å². The number of piperazine rings is 1. The summed E-state index contributed by atoms with van der Waals surface area (Å²) in [5.41, 5.74) is 5.44. The van der Waals surface area contributed by atoms with Crippen LogP contribution in [0.25, 0.3) is 0 Å². The lowest BCUT2D eigenvalue weighted by molar-refractivity contribution is -0.125. The van der Waals surface area contributed by atoms with Crippen LogP contribution >= 0.6 is 0 Å². The number of nitriles is 1. The van der Waals surface area contributed by atoms with Gasteiger partial charge < -0.3 is 10.4 Å². The predicted octanol–water partition coefficient (Wildman–Crippen LogP) is 2.81. The van der Waals surface area contributed by atoms with Crippen LogP contribution < -0.4 is 5.32 Å². The summed E-state index contributed by atoms with van der Waals surface area (Å²) in [5.74, 6) is -0.466. The molecule has 38 heavy (non-hydrogen) atoms. The summed E-state index contributed by atoms with van der Waals surface area (Å²) in [4.78, 5) is 44.2. The Kier molecular flexibility index (Phi) is 6.36. The first-order chi connectivity index (χ1) is 17.9. The number of phenolic OH excluding ortho intramolecular Hbond substituents is 1. The minimum atomic E-state index is -0.621. The zero-order chi connectivity index (χ0) is 27.8. The Hall–Kier alpha value is -3.28. The fourth-order valence-corrected chi connectivity index (χ4v) is 6.98. The first kappa shape index (κ1) is 26.3. The Morgan fingerprint density at radius 1 is 1.13 bits per heavy atom. The van der Waals surface area contributed by atoms with E-state index in [-0.39, 0.29) is 53.8 Å². The number of aromatic hydroxyl groups is 1. The molecule has 3 aliphatic heterocycles. The molecule has 200 valence electrons. The molecule has 1 fully saturated rings. The van der Waals surface area contributed by atoms with E-state index in [2.05, 4.69) is 27.3 Å². The lowest BCUT2D eigenvalue weighted by Crippen LogP contribution is -2.71. The fraction of sp³-hybridized carbons (Fsp3) is 0.533. The highest BCUT2D eigenvalue weighted by atomic mass is 16.3. The first-order valence-electron chi connectivity index (χ1n) is 13.4. The van der Waals surface area contributed by atoms with Gasteiger partial charge in [-0.25, -0.2) is 0 Å². The van der Waals surface area contributed by atoms with Crippen molar-refractivity contribution in [3.05, 3.63) is 50.6 Å². The second-order valence-electron chi connectivity index (χ2n) is 11.6. The van der Waals surface area contributed by atoms with Crippen molar-refractivity contribution in [1.29, 1.82) is 5.26 Å². The topological polar surface area (TPSA) is 114 Å². The number of carbonyl (C=O) groups excluding carboxylic acids is 3. The van der Waals surface area contributed by atoms with E-state index in [4.69, 9.17) is 0 Å². The number of likely N-dealkylation sites (N-methyl/N-ethyl adjacent to an activating group) is 1. The summed E-state index contributed by atoms with van der Waals surface area (Å²) >= 11 is 0. The van der Waals surface area contributed by atoms with Crippen LogP contribution in [0.4, 0.5) is 0 Å². The van der Waals surface area contributed by atoms with Crippen molar-refractivity contribution < 1.29 is 19.5 Å². The highest BCUT2D eigenvalue weighted by Crippen LogP contribution is 2.52. The largest absolute Gasteiger partial charge is 0.507 e. The van der Waals surface area contributed by atoms with Crippen molar-refractivity contribution in [2.75, 3.05) is 13.6 Å². The van der Waals surface area contributed by atoms with Gasteiger partial charge in [0.15, 0.2) is 11.6 Å². The van der Waals surface area contributed by atoms with Gasteiger partial charge in [-0.3, -0.25) is 24.2 Å². The van der Waals surface area contributed by atoms with Crippen LogP contribution in [0.1, 0.15) is 62.4 Å². The van der Waals surface area contributed by atoms with Crippen molar-refractivity contribution >= 4 is 17.5 Å². The normalized spacial score (nSPS) is 29.2. The third-order valence-electron chi connectivity index (χ3n) is 9.38. The third-order valence-corrected chi connectivity index (χ3v) is 9.38. The number of hydrogen-bond acceptors (Lipinski definition) is 7. The average molecular weight is 517 g/mol. The van der Waals surface area contributed by atoms with E-state index in [1.165, 1.54) is 0 Å². The SMILES string of the molecule is CC1=C(C)C(=O)C2=C(CC3C4c5c(cc(C)c(C)c5O)C[C@@H]([C@H](C#N)N3[C@H]2CNC(=O)C(C)C)N4C)C1=O. The number of hydrogen-bond donors (Lipinski definition) is 2. The lowest BCUT2D eigenvalue weighted by atomic mass is 9.69. The smallest absolute Gasteiger partial charge is 0.222 e. The molecular formula is C30H36N4O4. The maximum atomic E-state index is 13.7. The minimum absolute atomic E-state index is 0.130. The molecule has 2 unspecified atom stereocenters. The Morgan fingerprint density at radius 2 is 1.79 bits per heavy atom. The molecule has 5 atom stereocenters. The number of amides is 1. The van der Waals surface area contributed by atoms with Gasteiger partial charge in [0.05, 0.1) is 18.2 Å². The van der Waals surface area contributed by atoms with E-state index in [0.717, 1.165) is 22.3 Å². The number of benzene rings is 1. The van der Waals surface area contributed by atoms with Gasteiger partial charge in [0.25, 0.3) is 0 Å². The van der Waals surface area contributed by atoms with Crippen molar-refractivity contribution in [2.24, 2.45) is 5.92 Å². The molecule has 1 saturated heterocycles. The molecule has 1 aromatic rings. The highest BCUT2D eigenvalue weighted by Gasteiger charge is 2.57. The summed E-state index contributed by atoms with van der Waals surface area (Å²) in [6.07, 6.45) is 0.880. The molecule has 2 bridgehead atoms. The monoisotopic (exact) mass is 516 g/mol. The molecule has 3 heterocycles. The van der Waals surface area contributed by atoms with Gasteiger partial charge in [-0.1, -0.05) is 19.9 Å². The molecule has 1 amide bonds. The minimum Gasteiger partial charge on any atom is -0.507 e. The van der Waals surface area contributed by atoms with Gasteiger partial charge in [-0.05, 0) is 64.3 Å². The van der Waals surface area contributed by atoms with E-state index >= 15 is 0 Å². The molecule has 4 aliphatic rings. The summed E-state index contributed by atoms with van der Waals surface area (Å²) in [7, 11) is 1.98. The van der Waals surface area contributed by atoms with E-state index in [1.54, 1.807) is 27.7 Å². The third kappa shape index (κ3) is 3.59. The maximum absolute atomic E-state index is 13.7. The van der Waals surface area contributed by atoms with Crippen LogP contribution in [0.3, 0.4) is 0 Å². The van der Waals surface area contributed by atoms with E-state index < -0.39 is 12.1 Å². The Labute approximate surface area is 224 Å². The average Bonchev–Trinajstić information content (AvgIpc) is 2.88. The molecule has 1 aliphatic carbocycles. The van der Waals surface area contributed by atoms with Gasteiger partial charge in [-0.2, -0.15) is 5.26 Å². The van der Waals surface area contributed by atoms with Crippen LogP contribution in [0.5, 0.6) is 5.75 Å². The molecule has 8 nitrogen and oxygen atoms in total. The Morgan fingerprint density at radius 3 is 2.42 bits per heavy atom. The number of Topliss-reactive ketones (excluding diaryl/α,β-unsaturated/α-hetero) is 2. The number of carbonyl (C=O) groups is 3. The number of phenols is 1. The number of nitrogens with zero attached hydrogens (tertiary/aromatic N) is 3. The van der Waals surface area contributed by atoms with Crippen molar-refractivity contribution in [3.63, 3.8) is 0 Å². The molecule has 0 aromatic heterocycles. The zero-order valence-corrected chi connectivity index (χ0v) is 23.2. The quantitative estimate of drug-likeness (QED) is 0.594. The number of allylic oxidation sites excluding steroid dienone is 2. The van der Waals surface area contributed by atoms with Crippen molar-refractivity contribution in [2.45, 2.75) is 84.6 Å². The standard InChI is InChI=1S/C30H36N4O4/c1-13(2)30(38)32-12-23-25-19(27(35)16(5)17(6)29(25)37)10-21-26-24-18(8-14(3)15(4)28(24)36)9-20(33(26)7)22(11-31)34(21)23/h8,13,20-23,26,36H,9-10,12H2,1-7H3,(H,32,38)/t20-,21?,22-,23-,26?/m0/s1. The van der Waals surface area contributed by atoms with Crippen molar-refractivity contribution in [3.8, 4) is 11.8 Å². The molecule has 5 rings (SSSR count). The highest BCUT2D eigenvalue weighted by molar-refractivity contribution is 6.25. The van der Waals surface area contributed by atoms with Gasteiger partial charge in [-0.15, -0.1) is 0 Å². The zero-order valence-electron chi connectivity index (χ0n) is 23.2. The van der Waals surface area contributed by atoms with E-state index in [9.17, 15) is 24.8 Å². The lowest BCUT2D eigenvalue weighted by Gasteiger charge is -2.60. The van der Waals surface area contributed by atoms with E-state index in [1.807, 2.05) is 20.9 Å². The Balaban J connectivity index is 1.72. The number of rotatable bonds is 3. The molecule has 1 aromatic carbocycles. The van der Waals surface area contributed by atoms with Gasteiger partial charge >= 0.3 is 0 Å². The molecule has 0 saturated carbocycles. The van der Waals surface area contributed by atoms with Crippen LogP contribution in [-0.4, -0.2) is 70.1 Å². The van der Waals surface area contributed by atoms with E-state index in [0.29, 0.717) is 35.1 Å². The number of nitrogens with one attached hydrogen (secondary N) is 1. The van der Waals surface area contributed by atoms with Crippen LogP contribution in [-0.2, 0) is 20.8 Å². The maximum Gasteiger partial charge on any atom is 0.222 e. The van der Waals surface area contributed by atoms with Gasteiger partial charge in [0.1, 0.15) is 11.8 Å². The van der Waals surface area contributed by atoms with Gasteiger partial charge in [0.2, 0.25) is 5.91 Å². The fourth-order valence-electron chi connectivity index (χ4n) is 6.98. The number of aryl methyl sites for hydroxylation is 1. The number of fused-ring (bicyclic) bond motifs is 6. The predicted molar refractivity (Wildman–Crippen MR) is 142 cm³/mol.